The summed E-state index contributed by atoms with van der Waals surface area (Å²) in [5, 5.41) is 0. The second kappa shape index (κ2) is 8.11. The Kier molecular flexibility index (Phi) is 6.76. The van der Waals surface area contributed by atoms with E-state index in [1.807, 2.05) is 0 Å². The molecule has 3 nitrogen and oxygen atoms in total. The molecule has 2 N–H and O–H groups in total. The Balaban J connectivity index is 2.29. The maximum atomic E-state index is 5.85. The van der Waals surface area contributed by atoms with Crippen LogP contribution in [0.3, 0.4) is 0 Å². The van der Waals surface area contributed by atoms with E-state index < -0.39 is 0 Å². The number of ether oxygens (including phenoxy) is 2. The molecule has 0 radical (unpaired) electrons. The molecule has 0 amide bonds. The largest absolute Gasteiger partial charge is 0.493 e. The summed E-state index contributed by atoms with van der Waals surface area (Å²) in [7, 11) is 0. The van der Waals surface area contributed by atoms with Crippen LogP contribution in [0.15, 0.2) is 12.1 Å². The van der Waals surface area contributed by atoms with Crippen LogP contribution >= 0.6 is 0 Å². The van der Waals surface area contributed by atoms with Crippen LogP contribution in [-0.4, -0.2) is 26.4 Å². The van der Waals surface area contributed by atoms with E-state index in [0.717, 1.165) is 31.8 Å². The lowest BCUT2D eigenvalue weighted by Gasteiger charge is -2.14. The minimum absolute atomic E-state index is 0.693. The zero-order valence-electron chi connectivity index (χ0n) is 11.8. The van der Waals surface area contributed by atoms with Crippen molar-refractivity contribution in [2.75, 3.05) is 26.4 Å². The second-order valence-electron chi connectivity index (χ2n) is 4.61. The van der Waals surface area contributed by atoms with Crippen LogP contribution in [-0.2, 0) is 4.74 Å². The average Bonchev–Trinajstić information content (AvgIpc) is 2.36. The predicted octanol–water partition coefficient (Wildman–Crippen LogP) is 2.75. The summed E-state index contributed by atoms with van der Waals surface area (Å²) >= 11 is 0. The van der Waals surface area contributed by atoms with Crippen molar-refractivity contribution >= 4 is 0 Å². The number of hydrogen-bond donors (Lipinski definition) is 1. The van der Waals surface area contributed by atoms with E-state index in [-0.39, 0.29) is 0 Å². The van der Waals surface area contributed by atoms with Gasteiger partial charge in [0.1, 0.15) is 5.75 Å². The third-order valence-corrected chi connectivity index (χ3v) is 3.05. The fourth-order valence-electron chi connectivity index (χ4n) is 1.77. The lowest BCUT2D eigenvalue weighted by molar-refractivity contribution is 0.118. The van der Waals surface area contributed by atoms with E-state index in [9.17, 15) is 0 Å². The first-order chi connectivity index (χ1) is 8.66. The molecule has 0 bridgehead atoms. The molecular weight excluding hydrogens is 226 g/mol. The van der Waals surface area contributed by atoms with E-state index in [1.54, 1.807) is 0 Å². The minimum Gasteiger partial charge on any atom is -0.493 e. The van der Waals surface area contributed by atoms with Crippen molar-refractivity contribution in [1.82, 2.24) is 0 Å². The maximum Gasteiger partial charge on any atom is 0.125 e. The first-order valence-corrected chi connectivity index (χ1v) is 6.64. The van der Waals surface area contributed by atoms with Gasteiger partial charge in [0.05, 0.1) is 6.61 Å². The van der Waals surface area contributed by atoms with Gasteiger partial charge in [-0.3, -0.25) is 0 Å². The molecule has 0 atom stereocenters. The van der Waals surface area contributed by atoms with Crippen molar-refractivity contribution in [3.63, 3.8) is 0 Å². The highest BCUT2D eigenvalue weighted by atomic mass is 16.5. The van der Waals surface area contributed by atoms with Crippen LogP contribution in [0.2, 0.25) is 0 Å². The van der Waals surface area contributed by atoms with Crippen LogP contribution in [0.1, 0.15) is 29.5 Å². The molecule has 1 aromatic rings. The van der Waals surface area contributed by atoms with Crippen molar-refractivity contribution < 1.29 is 9.47 Å². The van der Waals surface area contributed by atoms with Crippen molar-refractivity contribution in [3.8, 4) is 5.75 Å². The molecule has 1 rings (SSSR count). The van der Waals surface area contributed by atoms with Gasteiger partial charge in [-0.25, -0.2) is 0 Å². The van der Waals surface area contributed by atoms with Crippen LogP contribution in [0.4, 0.5) is 0 Å². The molecule has 0 unspecified atom stereocenters. The molecule has 0 fully saturated rings. The monoisotopic (exact) mass is 251 g/mol. The first-order valence-electron chi connectivity index (χ1n) is 6.64. The number of aryl methyl sites for hydroxylation is 2. The molecule has 0 aliphatic rings. The second-order valence-corrected chi connectivity index (χ2v) is 4.61. The summed E-state index contributed by atoms with van der Waals surface area (Å²) in [5.41, 5.74) is 9.09. The summed E-state index contributed by atoms with van der Waals surface area (Å²) in [5.74, 6) is 1.02. The lowest BCUT2D eigenvalue weighted by Crippen LogP contribution is -2.08. The topological polar surface area (TPSA) is 44.5 Å². The normalized spacial score (nSPS) is 10.7. The van der Waals surface area contributed by atoms with E-state index in [1.165, 1.54) is 16.7 Å². The van der Waals surface area contributed by atoms with Gasteiger partial charge in [-0.1, -0.05) is 12.1 Å². The summed E-state index contributed by atoms with van der Waals surface area (Å²) < 4.78 is 11.3. The first kappa shape index (κ1) is 15.0. The fraction of sp³-hybridized carbons (Fsp3) is 0.600. The lowest BCUT2D eigenvalue weighted by atomic mass is 10.1. The SMILES string of the molecule is Cc1ccc(C)c(OCCCOCCCN)c1C. The standard InChI is InChI=1S/C15H25NO2/c1-12-6-7-13(2)15(14(12)3)18-11-5-10-17-9-4-8-16/h6-7H,4-5,8-11,16H2,1-3H3. The van der Waals surface area contributed by atoms with Gasteiger partial charge in [0.2, 0.25) is 0 Å². The van der Waals surface area contributed by atoms with Gasteiger partial charge >= 0.3 is 0 Å². The van der Waals surface area contributed by atoms with Crippen LogP contribution < -0.4 is 10.5 Å². The number of hydrogen-bond acceptors (Lipinski definition) is 3. The Morgan fingerprint density at radius 2 is 1.61 bits per heavy atom. The third kappa shape index (κ3) is 4.67. The molecule has 3 heteroatoms. The predicted molar refractivity (Wildman–Crippen MR) is 75.3 cm³/mol. The Morgan fingerprint density at radius 1 is 0.944 bits per heavy atom. The Bertz CT molecular complexity index is 364. The van der Waals surface area contributed by atoms with E-state index in [4.69, 9.17) is 15.2 Å². The number of rotatable bonds is 8. The molecule has 0 aliphatic carbocycles. The molecule has 0 aromatic heterocycles. The molecule has 1 aromatic carbocycles. The molecule has 102 valence electrons. The van der Waals surface area contributed by atoms with E-state index >= 15 is 0 Å². The number of benzene rings is 1. The Labute approximate surface area is 110 Å². The molecule has 0 saturated heterocycles. The van der Waals surface area contributed by atoms with Crippen molar-refractivity contribution in [1.29, 1.82) is 0 Å². The highest BCUT2D eigenvalue weighted by Crippen LogP contribution is 2.25. The zero-order chi connectivity index (χ0) is 13.4. The van der Waals surface area contributed by atoms with Gasteiger partial charge in [0, 0.05) is 19.6 Å². The quantitative estimate of drug-likeness (QED) is 0.723. The van der Waals surface area contributed by atoms with Gasteiger partial charge in [-0.15, -0.1) is 0 Å². The molecule has 0 aliphatic heterocycles. The molecule has 0 spiro atoms. The smallest absolute Gasteiger partial charge is 0.125 e. The minimum atomic E-state index is 0.693. The van der Waals surface area contributed by atoms with Gasteiger partial charge in [0.25, 0.3) is 0 Å². The number of nitrogens with two attached hydrogens (primary N) is 1. The Morgan fingerprint density at radius 3 is 2.33 bits per heavy atom. The van der Waals surface area contributed by atoms with Crippen molar-refractivity contribution in [2.45, 2.75) is 33.6 Å². The van der Waals surface area contributed by atoms with Crippen LogP contribution in [0.25, 0.3) is 0 Å². The highest BCUT2D eigenvalue weighted by Gasteiger charge is 2.05. The summed E-state index contributed by atoms with van der Waals surface area (Å²) in [6.45, 7) is 9.18. The molecule has 0 heterocycles. The third-order valence-electron chi connectivity index (χ3n) is 3.05. The van der Waals surface area contributed by atoms with Gasteiger partial charge < -0.3 is 15.2 Å². The maximum absolute atomic E-state index is 5.85. The molecule has 0 saturated carbocycles. The summed E-state index contributed by atoms with van der Waals surface area (Å²) in [6.07, 6.45) is 1.84. The van der Waals surface area contributed by atoms with Crippen LogP contribution in [0.5, 0.6) is 5.75 Å². The summed E-state index contributed by atoms with van der Waals surface area (Å²) in [4.78, 5) is 0. The summed E-state index contributed by atoms with van der Waals surface area (Å²) in [6, 6.07) is 4.24. The van der Waals surface area contributed by atoms with E-state index in [2.05, 4.69) is 32.9 Å². The van der Waals surface area contributed by atoms with Gasteiger partial charge in [-0.2, -0.15) is 0 Å². The zero-order valence-corrected chi connectivity index (χ0v) is 11.8. The Hall–Kier alpha value is -1.06. The van der Waals surface area contributed by atoms with Crippen molar-refractivity contribution in [2.24, 2.45) is 5.73 Å². The van der Waals surface area contributed by atoms with Gasteiger partial charge in [0.15, 0.2) is 0 Å². The van der Waals surface area contributed by atoms with Crippen molar-refractivity contribution in [3.05, 3.63) is 28.8 Å². The van der Waals surface area contributed by atoms with Gasteiger partial charge in [-0.05, 0) is 50.4 Å². The fourth-order valence-corrected chi connectivity index (χ4v) is 1.77. The molecule has 18 heavy (non-hydrogen) atoms. The van der Waals surface area contributed by atoms with Crippen LogP contribution in [0, 0.1) is 20.8 Å². The van der Waals surface area contributed by atoms with E-state index in [0.29, 0.717) is 13.2 Å². The average molecular weight is 251 g/mol. The highest BCUT2D eigenvalue weighted by molar-refractivity contribution is 5.44. The molecular formula is C15H25NO2.